The van der Waals surface area contributed by atoms with Gasteiger partial charge in [-0.05, 0) is 31.0 Å². The highest BCUT2D eigenvalue weighted by Gasteiger charge is 2.16. The first-order valence-electron chi connectivity index (χ1n) is 7.98. The zero-order chi connectivity index (χ0) is 15.5. The maximum atomic E-state index is 5.49. The third-order valence-electron chi connectivity index (χ3n) is 4.18. The lowest BCUT2D eigenvalue weighted by Gasteiger charge is -2.15. The number of para-hydroxylation sites is 1. The van der Waals surface area contributed by atoms with Crippen LogP contribution < -0.4 is 14.4 Å². The summed E-state index contributed by atoms with van der Waals surface area (Å²) in [5.41, 5.74) is 2.05. The summed E-state index contributed by atoms with van der Waals surface area (Å²) in [4.78, 5) is 11.4. The van der Waals surface area contributed by atoms with Crippen LogP contribution in [-0.2, 0) is 6.54 Å². The summed E-state index contributed by atoms with van der Waals surface area (Å²) < 4.78 is 10.9. The molecule has 0 spiro atoms. The van der Waals surface area contributed by atoms with Gasteiger partial charge in [-0.1, -0.05) is 12.1 Å². The molecule has 0 N–H and O–H groups in total. The molecule has 5 heteroatoms. The fourth-order valence-electron chi connectivity index (χ4n) is 2.97. The molecule has 23 heavy (non-hydrogen) atoms. The lowest BCUT2D eigenvalue weighted by Crippen LogP contribution is -2.18. The van der Waals surface area contributed by atoms with Gasteiger partial charge in [-0.3, -0.25) is 4.99 Å². The van der Waals surface area contributed by atoms with E-state index >= 15 is 0 Å². The van der Waals surface area contributed by atoms with E-state index < -0.39 is 0 Å². The minimum Gasteiger partial charge on any atom is -0.454 e. The van der Waals surface area contributed by atoms with Crippen LogP contribution in [-0.4, -0.2) is 31.1 Å². The molecule has 1 fully saturated rings. The van der Waals surface area contributed by atoms with Crippen molar-refractivity contribution < 1.29 is 9.47 Å². The van der Waals surface area contributed by atoms with Gasteiger partial charge in [0, 0.05) is 36.6 Å². The predicted molar refractivity (Wildman–Crippen MR) is 89.5 cm³/mol. The number of aromatic nitrogens is 1. The smallest absolute Gasteiger partial charge is 0.231 e. The minimum absolute atomic E-state index is 0.290. The summed E-state index contributed by atoms with van der Waals surface area (Å²) in [5.74, 6) is 2.67. The van der Waals surface area contributed by atoms with E-state index in [0.717, 1.165) is 41.5 Å². The molecule has 1 aromatic heterocycles. The molecule has 0 unspecified atom stereocenters. The zero-order valence-corrected chi connectivity index (χ0v) is 12.9. The molecule has 1 aromatic carbocycles. The van der Waals surface area contributed by atoms with E-state index in [2.05, 4.69) is 27.0 Å². The molecule has 3 heterocycles. The first-order chi connectivity index (χ1) is 11.4. The van der Waals surface area contributed by atoms with Crippen molar-refractivity contribution >= 4 is 12.0 Å². The Labute approximate surface area is 135 Å². The number of fused-ring (bicyclic) bond motifs is 1. The summed E-state index contributed by atoms with van der Waals surface area (Å²) >= 11 is 0. The van der Waals surface area contributed by atoms with Crippen molar-refractivity contribution in [1.82, 2.24) is 4.98 Å². The first kappa shape index (κ1) is 14.1. The Kier molecular flexibility index (Phi) is 3.84. The van der Waals surface area contributed by atoms with Gasteiger partial charge in [-0.25, -0.2) is 4.98 Å². The van der Waals surface area contributed by atoms with E-state index in [1.54, 1.807) is 0 Å². The van der Waals surface area contributed by atoms with Gasteiger partial charge >= 0.3 is 0 Å². The van der Waals surface area contributed by atoms with Crippen LogP contribution in [0.3, 0.4) is 0 Å². The average molecular weight is 309 g/mol. The Bertz CT molecular complexity index is 707. The van der Waals surface area contributed by atoms with Gasteiger partial charge in [-0.2, -0.15) is 0 Å². The maximum absolute atomic E-state index is 5.49. The Morgan fingerprint density at radius 2 is 2.04 bits per heavy atom. The summed E-state index contributed by atoms with van der Waals surface area (Å²) in [6.45, 7) is 3.08. The van der Waals surface area contributed by atoms with E-state index in [1.165, 1.54) is 12.8 Å². The van der Waals surface area contributed by atoms with Gasteiger partial charge in [0.1, 0.15) is 5.82 Å². The lowest BCUT2D eigenvalue weighted by molar-refractivity contribution is 0.173. The molecule has 0 saturated carbocycles. The van der Waals surface area contributed by atoms with Crippen molar-refractivity contribution in [2.75, 3.05) is 24.8 Å². The average Bonchev–Trinajstić information content (AvgIpc) is 3.27. The monoisotopic (exact) mass is 309 g/mol. The van der Waals surface area contributed by atoms with Crippen LogP contribution in [0.15, 0.2) is 41.5 Å². The van der Waals surface area contributed by atoms with Crippen LogP contribution in [0.1, 0.15) is 24.0 Å². The van der Waals surface area contributed by atoms with Crippen LogP contribution in [0, 0.1) is 0 Å². The highest BCUT2D eigenvalue weighted by Crippen LogP contribution is 2.35. The number of ether oxygens (including phenoxy) is 2. The second kappa shape index (κ2) is 6.28. The molecule has 118 valence electrons. The maximum Gasteiger partial charge on any atom is 0.231 e. The molecular formula is C18H19N3O2. The zero-order valence-electron chi connectivity index (χ0n) is 12.9. The van der Waals surface area contributed by atoms with Gasteiger partial charge in [-0.15, -0.1) is 0 Å². The number of nitrogens with zero attached hydrogens (tertiary/aromatic N) is 3. The molecule has 0 atom stereocenters. The Morgan fingerprint density at radius 3 is 2.87 bits per heavy atom. The number of rotatable bonds is 4. The number of benzene rings is 1. The number of anilines is 1. The van der Waals surface area contributed by atoms with Crippen LogP contribution >= 0.6 is 0 Å². The van der Waals surface area contributed by atoms with Gasteiger partial charge in [0.25, 0.3) is 0 Å². The molecule has 0 radical (unpaired) electrons. The van der Waals surface area contributed by atoms with E-state index in [4.69, 9.17) is 9.47 Å². The van der Waals surface area contributed by atoms with E-state index in [0.29, 0.717) is 6.54 Å². The van der Waals surface area contributed by atoms with Crippen LogP contribution in [0.25, 0.3) is 0 Å². The Hall–Kier alpha value is -2.56. The van der Waals surface area contributed by atoms with Gasteiger partial charge in [0.2, 0.25) is 6.79 Å². The first-order valence-corrected chi connectivity index (χ1v) is 7.98. The summed E-state index contributed by atoms with van der Waals surface area (Å²) in [6, 6.07) is 10.0. The normalized spacial score (nSPS) is 16.4. The largest absolute Gasteiger partial charge is 0.454 e. The fraction of sp³-hybridized carbons (Fsp3) is 0.333. The molecule has 1 saturated heterocycles. The molecule has 4 rings (SSSR count). The number of aliphatic imine (C=N–C) groups is 1. The molecule has 2 aliphatic heterocycles. The number of hydrogen-bond donors (Lipinski definition) is 0. The van der Waals surface area contributed by atoms with E-state index in [1.807, 2.05) is 30.6 Å². The molecule has 5 nitrogen and oxygen atoms in total. The van der Waals surface area contributed by atoms with Crippen molar-refractivity contribution in [2.45, 2.75) is 19.4 Å². The molecule has 2 aliphatic rings. The second-order valence-corrected chi connectivity index (χ2v) is 5.76. The van der Waals surface area contributed by atoms with Gasteiger partial charge in [0.05, 0.1) is 6.54 Å². The van der Waals surface area contributed by atoms with Crippen LogP contribution in [0.5, 0.6) is 11.5 Å². The van der Waals surface area contributed by atoms with Crippen molar-refractivity contribution in [1.29, 1.82) is 0 Å². The molecular weight excluding hydrogens is 290 g/mol. The van der Waals surface area contributed by atoms with Crippen molar-refractivity contribution in [3.63, 3.8) is 0 Å². The lowest BCUT2D eigenvalue weighted by atomic mass is 10.2. The number of pyridine rings is 1. The van der Waals surface area contributed by atoms with Crippen LogP contribution in [0.2, 0.25) is 0 Å². The van der Waals surface area contributed by atoms with Crippen molar-refractivity contribution in [2.24, 2.45) is 4.99 Å². The second-order valence-electron chi connectivity index (χ2n) is 5.76. The third kappa shape index (κ3) is 2.99. The minimum atomic E-state index is 0.290. The molecule has 2 aromatic rings. The summed E-state index contributed by atoms with van der Waals surface area (Å²) in [7, 11) is 0. The SMILES string of the molecule is C(=N\Cc1cccc2c1OCO2)/c1ccc(N2CCCC2)nc1. The van der Waals surface area contributed by atoms with Crippen molar-refractivity contribution in [3.05, 3.63) is 47.7 Å². The quantitative estimate of drug-likeness (QED) is 0.815. The Morgan fingerprint density at radius 1 is 1.13 bits per heavy atom. The highest BCUT2D eigenvalue weighted by molar-refractivity contribution is 5.79. The standard InChI is InChI=1S/C18H19N3O2/c1-2-9-21(8-1)17-7-6-14(11-20-17)10-19-12-15-4-3-5-16-18(15)23-13-22-16/h3-7,10-11H,1-2,8-9,12-13H2/b19-10+. The summed E-state index contributed by atoms with van der Waals surface area (Å²) in [5, 5.41) is 0. The van der Waals surface area contributed by atoms with Gasteiger partial charge < -0.3 is 14.4 Å². The van der Waals surface area contributed by atoms with E-state index in [9.17, 15) is 0 Å². The third-order valence-corrected chi connectivity index (χ3v) is 4.18. The fourth-order valence-corrected chi connectivity index (χ4v) is 2.97. The molecule has 0 aliphatic carbocycles. The molecule has 0 amide bonds. The van der Waals surface area contributed by atoms with Gasteiger partial charge in [0.15, 0.2) is 11.5 Å². The Balaban J connectivity index is 1.42. The highest BCUT2D eigenvalue weighted by atomic mass is 16.7. The topological polar surface area (TPSA) is 47.0 Å². The predicted octanol–water partition coefficient (Wildman–Crippen LogP) is 3.03. The van der Waals surface area contributed by atoms with Crippen molar-refractivity contribution in [3.8, 4) is 11.5 Å². The van der Waals surface area contributed by atoms with E-state index in [-0.39, 0.29) is 6.79 Å². The molecule has 0 bridgehead atoms. The number of hydrogen-bond acceptors (Lipinski definition) is 5. The summed E-state index contributed by atoms with van der Waals surface area (Å²) in [6.07, 6.45) is 6.26. The van der Waals surface area contributed by atoms with Crippen LogP contribution in [0.4, 0.5) is 5.82 Å².